The fraction of sp³-hybridized carbons (Fsp3) is 0.500. The lowest BCUT2D eigenvalue weighted by Crippen LogP contribution is -2.25. The van der Waals surface area contributed by atoms with E-state index >= 15 is 0 Å². The van der Waals surface area contributed by atoms with E-state index in [4.69, 9.17) is 0 Å². The second kappa shape index (κ2) is 5.43. The van der Waals surface area contributed by atoms with E-state index in [0.29, 0.717) is 5.82 Å². The van der Waals surface area contributed by atoms with Crippen LogP contribution in [-0.2, 0) is 4.79 Å². The monoisotopic (exact) mass is 282 g/mol. The third kappa shape index (κ3) is 3.04. The van der Waals surface area contributed by atoms with Gasteiger partial charge in [0.25, 0.3) is 0 Å². The fourth-order valence-corrected chi connectivity index (χ4v) is 2.41. The number of carbonyl (C=O) groups is 1. The Morgan fingerprint density at radius 1 is 1.31 bits per heavy atom. The Kier molecular flexibility index (Phi) is 3.93. The zero-order valence-electron chi connectivity index (χ0n) is 9.08. The number of halogens is 1. The minimum absolute atomic E-state index is 0.116. The van der Waals surface area contributed by atoms with Crippen LogP contribution in [0, 0.1) is 5.92 Å². The van der Waals surface area contributed by atoms with Crippen LogP contribution in [0.25, 0.3) is 0 Å². The molecule has 0 aliphatic heterocycles. The Balaban J connectivity index is 1.96. The summed E-state index contributed by atoms with van der Waals surface area (Å²) in [5.41, 5.74) is 0. The summed E-state index contributed by atoms with van der Waals surface area (Å²) in [4.78, 5) is 16.1. The van der Waals surface area contributed by atoms with Crippen LogP contribution in [0.2, 0.25) is 0 Å². The lowest BCUT2D eigenvalue weighted by atomic mass is 9.89. The van der Waals surface area contributed by atoms with E-state index in [-0.39, 0.29) is 11.8 Å². The first-order valence-corrected chi connectivity index (χ1v) is 6.48. The molecule has 1 N–H and O–H groups in total. The number of anilines is 1. The number of nitrogens with zero attached hydrogens (tertiary/aromatic N) is 1. The van der Waals surface area contributed by atoms with Crippen LogP contribution >= 0.6 is 15.9 Å². The van der Waals surface area contributed by atoms with Gasteiger partial charge in [0.15, 0.2) is 0 Å². The fourth-order valence-electron chi connectivity index (χ4n) is 2.07. The highest BCUT2D eigenvalue weighted by molar-refractivity contribution is 9.10. The maximum absolute atomic E-state index is 11.9. The number of carbonyl (C=O) groups excluding carboxylic acids is 1. The molecule has 1 saturated carbocycles. The van der Waals surface area contributed by atoms with Crippen molar-refractivity contribution in [3.05, 3.63) is 22.8 Å². The summed E-state index contributed by atoms with van der Waals surface area (Å²) in [6, 6.07) is 5.52. The van der Waals surface area contributed by atoms with E-state index in [1.807, 2.05) is 18.2 Å². The largest absolute Gasteiger partial charge is 0.310 e. The first-order chi connectivity index (χ1) is 7.75. The van der Waals surface area contributed by atoms with E-state index in [1.165, 1.54) is 19.3 Å². The molecule has 2 rings (SSSR count). The molecule has 0 spiro atoms. The first kappa shape index (κ1) is 11.6. The van der Waals surface area contributed by atoms with Crippen molar-refractivity contribution in [3.8, 4) is 0 Å². The van der Waals surface area contributed by atoms with Gasteiger partial charge in [-0.25, -0.2) is 4.98 Å². The van der Waals surface area contributed by atoms with Gasteiger partial charge in [0.05, 0.1) is 0 Å². The van der Waals surface area contributed by atoms with Gasteiger partial charge in [0, 0.05) is 5.92 Å². The molecule has 1 aliphatic rings. The van der Waals surface area contributed by atoms with Crippen molar-refractivity contribution >= 4 is 27.7 Å². The van der Waals surface area contributed by atoms with Gasteiger partial charge in [-0.2, -0.15) is 0 Å². The molecule has 16 heavy (non-hydrogen) atoms. The molecule has 3 nitrogen and oxygen atoms in total. The molecule has 0 unspecified atom stereocenters. The van der Waals surface area contributed by atoms with Crippen LogP contribution < -0.4 is 5.32 Å². The standard InChI is InChI=1S/C12H15BrN2O/c13-10-7-4-8-11(14-10)15-12(16)9-5-2-1-3-6-9/h4,7-9H,1-3,5-6H2,(H,14,15,16). The SMILES string of the molecule is O=C(Nc1cccc(Br)n1)C1CCCCC1. The molecule has 4 heteroatoms. The lowest BCUT2D eigenvalue weighted by molar-refractivity contribution is -0.120. The van der Waals surface area contributed by atoms with E-state index in [9.17, 15) is 4.79 Å². The number of hydrogen-bond donors (Lipinski definition) is 1. The van der Waals surface area contributed by atoms with Crippen molar-refractivity contribution in [2.24, 2.45) is 5.92 Å². The average molecular weight is 283 g/mol. The number of nitrogens with one attached hydrogen (secondary N) is 1. The van der Waals surface area contributed by atoms with Gasteiger partial charge < -0.3 is 5.32 Å². The number of aromatic nitrogens is 1. The molecule has 86 valence electrons. The lowest BCUT2D eigenvalue weighted by Gasteiger charge is -2.20. The minimum Gasteiger partial charge on any atom is -0.310 e. The smallest absolute Gasteiger partial charge is 0.228 e. The zero-order valence-corrected chi connectivity index (χ0v) is 10.7. The van der Waals surface area contributed by atoms with Gasteiger partial charge in [-0.15, -0.1) is 0 Å². The van der Waals surface area contributed by atoms with Crippen LogP contribution in [0.1, 0.15) is 32.1 Å². The molecule has 1 fully saturated rings. The number of amides is 1. The van der Waals surface area contributed by atoms with Crippen LogP contribution in [0.3, 0.4) is 0 Å². The van der Waals surface area contributed by atoms with E-state index in [1.54, 1.807) is 0 Å². The molecular weight excluding hydrogens is 268 g/mol. The predicted molar refractivity (Wildman–Crippen MR) is 67.1 cm³/mol. The van der Waals surface area contributed by atoms with Gasteiger partial charge in [0.1, 0.15) is 10.4 Å². The van der Waals surface area contributed by atoms with Crippen LogP contribution in [0.5, 0.6) is 0 Å². The Hall–Kier alpha value is -0.900. The average Bonchev–Trinajstić information content (AvgIpc) is 2.30. The molecule has 1 aliphatic carbocycles. The third-order valence-electron chi connectivity index (χ3n) is 2.94. The quantitative estimate of drug-likeness (QED) is 0.845. The van der Waals surface area contributed by atoms with Crippen molar-refractivity contribution in [3.63, 3.8) is 0 Å². The predicted octanol–water partition coefficient (Wildman–Crippen LogP) is 3.36. The normalized spacial score (nSPS) is 17.1. The van der Waals surface area contributed by atoms with Crippen LogP contribution in [0.4, 0.5) is 5.82 Å². The van der Waals surface area contributed by atoms with Gasteiger partial charge in [-0.1, -0.05) is 25.3 Å². The van der Waals surface area contributed by atoms with Crippen molar-refractivity contribution in [2.45, 2.75) is 32.1 Å². The highest BCUT2D eigenvalue weighted by Gasteiger charge is 2.21. The molecular formula is C12H15BrN2O. The van der Waals surface area contributed by atoms with Crippen LogP contribution in [-0.4, -0.2) is 10.9 Å². The molecule has 0 bridgehead atoms. The second-order valence-corrected chi connectivity index (χ2v) is 4.98. The van der Waals surface area contributed by atoms with Crippen molar-refractivity contribution in [2.75, 3.05) is 5.32 Å². The molecule has 1 aromatic heterocycles. The number of hydrogen-bond acceptors (Lipinski definition) is 2. The Labute approximate surface area is 104 Å². The van der Waals surface area contributed by atoms with E-state index in [0.717, 1.165) is 17.4 Å². The summed E-state index contributed by atoms with van der Waals surface area (Å²) < 4.78 is 0.744. The molecule has 0 radical (unpaired) electrons. The Morgan fingerprint density at radius 3 is 2.75 bits per heavy atom. The maximum atomic E-state index is 11.9. The Bertz CT molecular complexity index is 375. The van der Waals surface area contributed by atoms with Gasteiger partial charge in [0.2, 0.25) is 5.91 Å². The third-order valence-corrected chi connectivity index (χ3v) is 3.38. The Morgan fingerprint density at radius 2 is 2.06 bits per heavy atom. The highest BCUT2D eigenvalue weighted by atomic mass is 79.9. The molecule has 1 aromatic rings. The van der Waals surface area contributed by atoms with Gasteiger partial charge in [-0.3, -0.25) is 4.79 Å². The molecule has 1 heterocycles. The zero-order chi connectivity index (χ0) is 11.4. The summed E-state index contributed by atoms with van der Waals surface area (Å²) in [5, 5.41) is 2.87. The van der Waals surface area contributed by atoms with Crippen molar-refractivity contribution < 1.29 is 4.79 Å². The maximum Gasteiger partial charge on any atom is 0.228 e. The summed E-state index contributed by atoms with van der Waals surface area (Å²) in [6.07, 6.45) is 5.63. The number of pyridine rings is 1. The molecule has 0 atom stereocenters. The minimum atomic E-state index is 0.116. The summed E-state index contributed by atoms with van der Waals surface area (Å²) in [7, 11) is 0. The van der Waals surface area contributed by atoms with E-state index in [2.05, 4.69) is 26.2 Å². The first-order valence-electron chi connectivity index (χ1n) is 5.69. The van der Waals surface area contributed by atoms with Crippen LogP contribution in [0.15, 0.2) is 22.8 Å². The van der Waals surface area contributed by atoms with Crippen molar-refractivity contribution in [1.82, 2.24) is 4.98 Å². The highest BCUT2D eigenvalue weighted by Crippen LogP contribution is 2.24. The summed E-state index contributed by atoms with van der Waals surface area (Å²) in [5.74, 6) is 0.921. The summed E-state index contributed by atoms with van der Waals surface area (Å²) in [6.45, 7) is 0. The van der Waals surface area contributed by atoms with E-state index < -0.39 is 0 Å². The molecule has 1 amide bonds. The van der Waals surface area contributed by atoms with Gasteiger partial charge in [-0.05, 0) is 40.9 Å². The van der Waals surface area contributed by atoms with Gasteiger partial charge >= 0.3 is 0 Å². The topological polar surface area (TPSA) is 42.0 Å². The number of rotatable bonds is 2. The van der Waals surface area contributed by atoms with Crippen molar-refractivity contribution in [1.29, 1.82) is 0 Å². The molecule has 0 saturated heterocycles. The summed E-state index contributed by atoms with van der Waals surface area (Å²) >= 11 is 3.29. The molecule has 0 aromatic carbocycles. The second-order valence-electron chi connectivity index (χ2n) is 4.17.